The fourth-order valence-corrected chi connectivity index (χ4v) is 1.60. The number of allylic oxidation sites excluding steroid dienone is 1. The molecule has 1 unspecified atom stereocenters. The van der Waals surface area contributed by atoms with Crippen molar-refractivity contribution in [3.63, 3.8) is 0 Å². The number of ether oxygens (including phenoxy) is 1. The van der Waals surface area contributed by atoms with Gasteiger partial charge in [-0.2, -0.15) is 0 Å². The number of aromatic nitrogens is 1. The maximum atomic E-state index is 5.56. The first kappa shape index (κ1) is 13.7. The van der Waals surface area contributed by atoms with Crippen LogP contribution in [0.15, 0.2) is 30.5 Å². The van der Waals surface area contributed by atoms with Crippen LogP contribution in [-0.2, 0) is 6.42 Å². The molecule has 0 saturated heterocycles. The maximum Gasteiger partial charge on any atom is 0.137 e. The fraction of sp³-hybridized carbons (Fsp3) is 0.500. The van der Waals surface area contributed by atoms with Crippen LogP contribution < -0.4 is 10.1 Å². The van der Waals surface area contributed by atoms with Crippen molar-refractivity contribution in [2.24, 2.45) is 0 Å². The van der Waals surface area contributed by atoms with E-state index in [1.807, 2.05) is 40.0 Å². The minimum atomic E-state index is 0.190. The normalized spacial score (nSPS) is 13.2. The summed E-state index contributed by atoms with van der Waals surface area (Å²) in [7, 11) is 1.96. The van der Waals surface area contributed by atoms with Crippen molar-refractivity contribution in [1.82, 2.24) is 10.3 Å². The van der Waals surface area contributed by atoms with Crippen LogP contribution in [0.2, 0.25) is 0 Å². The van der Waals surface area contributed by atoms with Gasteiger partial charge in [0.25, 0.3) is 0 Å². The molecule has 1 N–H and O–H groups in total. The van der Waals surface area contributed by atoms with Gasteiger partial charge in [0.2, 0.25) is 0 Å². The van der Waals surface area contributed by atoms with E-state index in [2.05, 4.69) is 22.5 Å². The topological polar surface area (TPSA) is 34.1 Å². The third kappa shape index (κ3) is 5.00. The molecule has 1 atom stereocenters. The molecule has 94 valence electrons. The molecule has 0 radical (unpaired) electrons. The Morgan fingerprint density at radius 1 is 1.41 bits per heavy atom. The van der Waals surface area contributed by atoms with Crippen LogP contribution in [-0.4, -0.2) is 24.2 Å². The van der Waals surface area contributed by atoms with Gasteiger partial charge in [0, 0.05) is 18.2 Å². The molecule has 0 amide bonds. The van der Waals surface area contributed by atoms with Gasteiger partial charge in [-0.25, -0.2) is 0 Å². The van der Waals surface area contributed by atoms with Crippen molar-refractivity contribution in [2.45, 2.75) is 39.3 Å². The van der Waals surface area contributed by atoms with Gasteiger partial charge in [-0.15, -0.1) is 0 Å². The van der Waals surface area contributed by atoms with E-state index >= 15 is 0 Å². The average Bonchev–Trinajstić information content (AvgIpc) is 2.30. The molecule has 0 aromatic carbocycles. The summed E-state index contributed by atoms with van der Waals surface area (Å²) in [5.41, 5.74) is 1.07. The predicted molar refractivity (Wildman–Crippen MR) is 71.4 cm³/mol. The van der Waals surface area contributed by atoms with E-state index in [0.29, 0.717) is 6.04 Å². The zero-order chi connectivity index (χ0) is 12.7. The molecule has 0 saturated carbocycles. The van der Waals surface area contributed by atoms with E-state index in [-0.39, 0.29) is 6.10 Å². The van der Waals surface area contributed by atoms with Gasteiger partial charge in [0.15, 0.2) is 0 Å². The lowest BCUT2D eigenvalue weighted by Gasteiger charge is -2.12. The van der Waals surface area contributed by atoms with Gasteiger partial charge < -0.3 is 10.1 Å². The van der Waals surface area contributed by atoms with Crippen LogP contribution in [0, 0.1) is 0 Å². The van der Waals surface area contributed by atoms with Crippen molar-refractivity contribution in [3.05, 3.63) is 36.2 Å². The van der Waals surface area contributed by atoms with Gasteiger partial charge >= 0.3 is 0 Å². The van der Waals surface area contributed by atoms with Gasteiger partial charge in [0.1, 0.15) is 5.75 Å². The number of likely N-dealkylation sites (N-methyl/N-ethyl adjacent to an activating group) is 1. The molecule has 0 aliphatic heterocycles. The minimum absolute atomic E-state index is 0.190. The summed E-state index contributed by atoms with van der Waals surface area (Å²) in [4.78, 5) is 4.40. The van der Waals surface area contributed by atoms with Crippen molar-refractivity contribution in [3.8, 4) is 5.75 Å². The standard InChI is InChI=1S/C14H22N2O/c1-5-6-12(15-4)9-13-7-8-14(10-16-13)17-11(2)3/h5-8,10-12,15H,9H2,1-4H3/b6-5+. The first-order valence-electron chi connectivity index (χ1n) is 6.07. The molecule has 0 aliphatic carbocycles. The number of nitrogens with zero attached hydrogens (tertiary/aromatic N) is 1. The molecule has 1 aromatic heterocycles. The third-order valence-electron chi connectivity index (χ3n) is 2.39. The molecular formula is C14H22N2O. The minimum Gasteiger partial charge on any atom is -0.489 e. The van der Waals surface area contributed by atoms with Gasteiger partial charge in [-0.1, -0.05) is 12.2 Å². The van der Waals surface area contributed by atoms with Crippen molar-refractivity contribution in [1.29, 1.82) is 0 Å². The fourth-order valence-electron chi connectivity index (χ4n) is 1.60. The Hall–Kier alpha value is -1.35. The van der Waals surface area contributed by atoms with E-state index in [1.165, 1.54) is 0 Å². The molecule has 1 heterocycles. The quantitative estimate of drug-likeness (QED) is 0.768. The molecule has 3 heteroatoms. The Kier molecular flexibility index (Phi) is 5.70. The number of nitrogens with one attached hydrogen (secondary N) is 1. The second-order valence-electron chi connectivity index (χ2n) is 4.28. The summed E-state index contributed by atoms with van der Waals surface area (Å²) < 4.78 is 5.56. The molecule has 0 aliphatic rings. The van der Waals surface area contributed by atoms with Gasteiger partial charge in [0.05, 0.1) is 12.3 Å². The molecule has 0 fully saturated rings. The molecule has 17 heavy (non-hydrogen) atoms. The van der Waals surface area contributed by atoms with Crippen molar-refractivity contribution >= 4 is 0 Å². The van der Waals surface area contributed by atoms with Gasteiger partial charge in [-0.3, -0.25) is 4.98 Å². The second-order valence-corrected chi connectivity index (χ2v) is 4.28. The largest absolute Gasteiger partial charge is 0.489 e. The number of pyridine rings is 1. The van der Waals surface area contributed by atoms with Crippen LogP contribution in [0.5, 0.6) is 5.75 Å². The predicted octanol–water partition coefficient (Wildman–Crippen LogP) is 2.58. The third-order valence-corrected chi connectivity index (χ3v) is 2.39. The molecule has 0 spiro atoms. The molecule has 0 bridgehead atoms. The number of rotatable bonds is 6. The van der Waals surface area contributed by atoms with Crippen LogP contribution in [0.1, 0.15) is 26.5 Å². The van der Waals surface area contributed by atoms with Crippen LogP contribution >= 0.6 is 0 Å². The molecule has 1 rings (SSSR count). The first-order valence-corrected chi connectivity index (χ1v) is 6.07. The zero-order valence-electron chi connectivity index (χ0n) is 11.1. The van der Waals surface area contributed by atoms with E-state index in [4.69, 9.17) is 4.74 Å². The lowest BCUT2D eigenvalue weighted by atomic mass is 10.1. The average molecular weight is 234 g/mol. The molecular weight excluding hydrogens is 212 g/mol. The first-order chi connectivity index (χ1) is 8.15. The highest BCUT2D eigenvalue weighted by Gasteiger charge is 2.04. The van der Waals surface area contributed by atoms with E-state index in [1.54, 1.807) is 6.20 Å². The van der Waals surface area contributed by atoms with Crippen LogP contribution in [0.25, 0.3) is 0 Å². The summed E-state index contributed by atoms with van der Waals surface area (Å²) in [6.07, 6.45) is 7.06. The Balaban J connectivity index is 2.61. The Labute approximate surface area is 104 Å². The van der Waals surface area contributed by atoms with E-state index in [9.17, 15) is 0 Å². The summed E-state index contributed by atoms with van der Waals surface area (Å²) in [6.45, 7) is 6.05. The highest BCUT2D eigenvalue weighted by atomic mass is 16.5. The zero-order valence-corrected chi connectivity index (χ0v) is 11.1. The van der Waals surface area contributed by atoms with Crippen LogP contribution in [0.3, 0.4) is 0 Å². The van der Waals surface area contributed by atoms with Crippen molar-refractivity contribution < 1.29 is 4.74 Å². The highest BCUT2D eigenvalue weighted by Crippen LogP contribution is 2.12. The lowest BCUT2D eigenvalue weighted by Crippen LogP contribution is -2.25. The summed E-state index contributed by atoms with van der Waals surface area (Å²) >= 11 is 0. The Morgan fingerprint density at radius 3 is 2.65 bits per heavy atom. The van der Waals surface area contributed by atoms with Crippen LogP contribution in [0.4, 0.5) is 0 Å². The molecule has 3 nitrogen and oxygen atoms in total. The Bertz CT molecular complexity index is 344. The monoisotopic (exact) mass is 234 g/mol. The smallest absolute Gasteiger partial charge is 0.137 e. The SMILES string of the molecule is C/C=C/C(Cc1ccc(OC(C)C)cn1)NC. The number of hydrogen-bond acceptors (Lipinski definition) is 3. The second kappa shape index (κ2) is 7.07. The lowest BCUT2D eigenvalue weighted by molar-refractivity contribution is 0.241. The van der Waals surface area contributed by atoms with E-state index in [0.717, 1.165) is 17.9 Å². The maximum absolute atomic E-state index is 5.56. The summed E-state index contributed by atoms with van der Waals surface area (Å²) in [5, 5.41) is 3.24. The summed E-state index contributed by atoms with van der Waals surface area (Å²) in [6, 6.07) is 4.33. The summed E-state index contributed by atoms with van der Waals surface area (Å²) in [5.74, 6) is 0.829. The van der Waals surface area contributed by atoms with Crippen molar-refractivity contribution in [2.75, 3.05) is 7.05 Å². The van der Waals surface area contributed by atoms with Gasteiger partial charge in [-0.05, 0) is 40.0 Å². The number of hydrogen-bond donors (Lipinski definition) is 1. The molecule has 1 aromatic rings. The Morgan fingerprint density at radius 2 is 2.18 bits per heavy atom. The highest BCUT2D eigenvalue weighted by molar-refractivity contribution is 5.21. The van der Waals surface area contributed by atoms with E-state index < -0.39 is 0 Å².